The van der Waals surface area contributed by atoms with Gasteiger partial charge in [-0.05, 0) is 29.8 Å². The molecule has 1 aromatic heterocycles. The van der Waals surface area contributed by atoms with E-state index in [2.05, 4.69) is 9.98 Å². The van der Waals surface area contributed by atoms with Crippen LogP contribution in [0.15, 0.2) is 72.0 Å². The van der Waals surface area contributed by atoms with Gasteiger partial charge in [-0.15, -0.1) is 0 Å². The van der Waals surface area contributed by atoms with Gasteiger partial charge in [0.2, 0.25) is 0 Å². The Morgan fingerprint density at radius 2 is 1.59 bits per heavy atom. The van der Waals surface area contributed by atoms with Crippen molar-refractivity contribution in [1.29, 1.82) is 0 Å². The van der Waals surface area contributed by atoms with Gasteiger partial charge < -0.3 is 10.5 Å². The molecule has 0 bridgehead atoms. The van der Waals surface area contributed by atoms with Gasteiger partial charge in [-0.1, -0.05) is 58.0 Å². The predicted molar refractivity (Wildman–Crippen MR) is 132 cm³/mol. The van der Waals surface area contributed by atoms with Gasteiger partial charge in [0.1, 0.15) is 17.4 Å². The quantitative estimate of drug-likeness (QED) is 0.540. The lowest BCUT2D eigenvalue weighted by Crippen LogP contribution is -2.34. The Balaban J connectivity index is 0.000000299. The van der Waals surface area contributed by atoms with Crippen LogP contribution in [0, 0.1) is 11.6 Å². The third kappa shape index (κ3) is 7.37. The Kier molecular flexibility index (Phi) is 11.9. The molecule has 0 saturated carbocycles. The van der Waals surface area contributed by atoms with E-state index in [-0.39, 0.29) is 17.7 Å². The normalized spacial score (nSPS) is 13.9. The molecule has 1 unspecified atom stereocenters. The molecule has 1 aliphatic rings. The molecule has 6 nitrogen and oxygen atoms in total. The van der Waals surface area contributed by atoms with Gasteiger partial charge in [0, 0.05) is 24.4 Å². The highest BCUT2D eigenvalue weighted by Crippen LogP contribution is 2.26. The zero-order chi connectivity index (χ0) is 25.7. The topological polar surface area (TPSA) is 80.8 Å². The lowest BCUT2D eigenvalue weighted by atomic mass is 10.1. The molecule has 2 heterocycles. The first kappa shape index (κ1) is 28.2. The summed E-state index contributed by atoms with van der Waals surface area (Å²) in [6, 6.07) is 14.2. The Labute approximate surface area is 200 Å². The molecular formula is C26H32F2N4O2. The molecule has 1 atom stereocenters. The minimum atomic E-state index is -0.518. The van der Waals surface area contributed by atoms with Gasteiger partial charge in [-0.25, -0.2) is 13.8 Å². The predicted octanol–water partition coefficient (Wildman–Crippen LogP) is 5.60. The van der Waals surface area contributed by atoms with Crippen molar-refractivity contribution in [2.24, 2.45) is 10.7 Å². The molecule has 8 heteroatoms. The number of methoxy groups -OCH3 is 1. The molecule has 2 aromatic carbocycles. The second kappa shape index (κ2) is 14.4. The Morgan fingerprint density at radius 1 is 0.971 bits per heavy atom. The number of rotatable bonds is 3. The zero-order valence-electron chi connectivity index (χ0n) is 20.4. The zero-order valence-corrected chi connectivity index (χ0v) is 20.4. The first-order valence-electron chi connectivity index (χ1n) is 11.0. The molecular weight excluding hydrogens is 438 g/mol. The summed E-state index contributed by atoms with van der Waals surface area (Å²) in [5, 5.41) is 0. The van der Waals surface area contributed by atoms with E-state index in [9.17, 15) is 13.6 Å². The van der Waals surface area contributed by atoms with Gasteiger partial charge in [0.15, 0.2) is 12.0 Å². The van der Waals surface area contributed by atoms with Crippen molar-refractivity contribution >= 4 is 11.9 Å². The highest BCUT2D eigenvalue weighted by molar-refractivity contribution is 6.04. The number of aliphatic imine (C=N–C) groups is 1. The summed E-state index contributed by atoms with van der Waals surface area (Å²) in [5.41, 5.74) is 7.21. The number of carbonyl (C=O) groups is 1. The second-order valence-corrected chi connectivity index (χ2v) is 6.43. The molecule has 0 spiro atoms. The van der Waals surface area contributed by atoms with Crippen molar-refractivity contribution in [3.63, 3.8) is 0 Å². The van der Waals surface area contributed by atoms with Crippen LogP contribution in [0.25, 0.3) is 11.1 Å². The maximum absolute atomic E-state index is 13.3. The van der Waals surface area contributed by atoms with E-state index in [4.69, 9.17) is 10.5 Å². The number of hydrogen-bond acceptors (Lipinski definition) is 5. The molecule has 1 aliphatic heterocycles. The number of ether oxygens (including phenoxy) is 1. The molecule has 0 fully saturated rings. The van der Waals surface area contributed by atoms with Crippen molar-refractivity contribution in [3.05, 3.63) is 84.2 Å². The van der Waals surface area contributed by atoms with Crippen molar-refractivity contribution in [3.8, 4) is 16.9 Å². The summed E-state index contributed by atoms with van der Waals surface area (Å²) in [6.45, 7) is 8.00. The molecule has 34 heavy (non-hydrogen) atoms. The number of halogens is 2. The van der Waals surface area contributed by atoms with Crippen LogP contribution in [0.3, 0.4) is 0 Å². The number of hydrogen-bond donors (Lipinski definition) is 1. The van der Waals surface area contributed by atoms with Crippen LogP contribution in [0.4, 0.5) is 8.78 Å². The van der Waals surface area contributed by atoms with Crippen LogP contribution in [0.5, 0.6) is 5.75 Å². The highest BCUT2D eigenvalue weighted by Gasteiger charge is 2.31. The fourth-order valence-corrected chi connectivity index (χ4v) is 2.83. The van der Waals surface area contributed by atoms with Crippen molar-refractivity contribution < 1.29 is 18.3 Å². The summed E-state index contributed by atoms with van der Waals surface area (Å²) in [6.07, 6.45) is 2.52. The summed E-state index contributed by atoms with van der Waals surface area (Å²) in [4.78, 5) is 20.9. The molecule has 2 N–H and O–H groups in total. The number of nitrogens with two attached hydrogens (primary N) is 1. The fraction of sp³-hybridized carbons (Fsp3) is 0.269. The van der Waals surface area contributed by atoms with E-state index < -0.39 is 11.9 Å². The van der Waals surface area contributed by atoms with Crippen LogP contribution in [0.2, 0.25) is 0 Å². The number of aromatic nitrogens is 1. The lowest BCUT2D eigenvalue weighted by Gasteiger charge is -2.10. The lowest BCUT2D eigenvalue weighted by molar-refractivity contribution is -0.126. The first-order chi connectivity index (χ1) is 16.4. The van der Waals surface area contributed by atoms with Crippen LogP contribution >= 0.6 is 0 Å². The number of amides is 1. The summed E-state index contributed by atoms with van der Waals surface area (Å²) < 4.78 is 31.1. The molecule has 3 aromatic rings. The Hall–Kier alpha value is -3.81. The molecule has 0 radical (unpaired) electrons. The number of nitrogens with zero attached hydrogens (tertiary/aromatic N) is 3. The first-order valence-corrected chi connectivity index (χ1v) is 11.0. The van der Waals surface area contributed by atoms with Crippen molar-refractivity contribution in [2.45, 2.75) is 33.7 Å². The van der Waals surface area contributed by atoms with E-state index in [1.807, 2.05) is 39.8 Å². The standard InChI is InChI=1S/C11H7F2N.C11H13N3O2.2C2H6/c12-9-5-8(6-14-7-9)10-3-1-2-4-11(10)13;1-14-10(15)9(13-11(14)12)7-3-5-8(16-2)6-4-7;2*1-2/h1-7H;3-6,9H,1-2H3,(H2,12,13);2*1-2H3. The number of pyridine rings is 1. The van der Waals surface area contributed by atoms with E-state index in [0.29, 0.717) is 11.1 Å². The van der Waals surface area contributed by atoms with Crippen LogP contribution < -0.4 is 10.5 Å². The average Bonchev–Trinajstić information content (AvgIpc) is 3.14. The van der Waals surface area contributed by atoms with E-state index in [0.717, 1.165) is 17.5 Å². The van der Waals surface area contributed by atoms with E-state index >= 15 is 0 Å². The third-order valence-corrected chi connectivity index (χ3v) is 4.49. The Morgan fingerprint density at radius 3 is 2.09 bits per heavy atom. The van der Waals surface area contributed by atoms with Gasteiger partial charge in [0.25, 0.3) is 5.91 Å². The van der Waals surface area contributed by atoms with Crippen LogP contribution in [-0.2, 0) is 4.79 Å². The maximum Gasteiger partial charge on any atom is 0.258 e. The average molecular weight is 471 g/mol. The van der Waals surface area contributed by atoms with Gasteiger partial charge in [-0.3, -0.25) is 14.7 Å². The molecule has 0 aliphatic carbocycles. The van der Waals surface area contributed by atoms with E-state index in [1.54, 1.807) is 44.5 Å². The molecule has 0 saturated heterocycles. The number of benzene rings is 2. The minimum absolute atomic E-state index is 0.109. The largest absolute Gasteiger partial charge is 0.497 e. The van der Waals surface area contributed by atoms with Gasteiger partial charge >= 0.3 is 0 Å². The van der Waals surface area contributed by atoms with Crippen LogP contribution in [-0.4, -0.2) is 35.9 Å². The molecule has 182 valence electrons. The second-order valence-electron chi connectivity index (χ2n) is 6.43. The molecule has 1 amide bonds. The summed E-state index contributed by atoms with van der Waals surface area (Å²) >= 11 is 0. The van der Waals surface area contributed by atoms with Gasteiger partial charge in [-0.2, -0.15) is 0 Å². The van der Waals surface area contributed by atoms with E-state index in [1.165, 1.54) is 23.2 Å². The van der Waals surface area contributed by atoms with Crippen molar-refractivity contribution in [2.75, 3.05) is 14.2 Å². The summed E-state index contributed by atoms with van der Waals surface area (Å²) in [5.74, 6) is 0.0543. The molecule has 4 rings (SSSR count). The monoisotopic (exact) mass is 470 g/mol. The number of carbonyl (C=O) groups excluding carboxylic acids is 1. The minimum Gasteiger partial charge on any atom is -0.497 e. The summed E-state index contributed by atoms with van der Waals surface area (Å²) in [7, 11) is 3.21. The SMILES string of the molecule is CC.CC.COc1ccc(C2N=C(N)N(C)C2=O)cc1.Fc1cncc(-c2ccccc2F)c1. The number of guanidine groups is 1. The number of likely N-dealkylation sites (N-methyl/N-ethyl adjacent to an activating group) is 1. The van der Waals surface area contributed by atoms with Crippen molar-refractivity contribution in [1.82, 2.24) is 9.88 Å². The van der Waals surface area contributed by atoms with Crippen LogP contribution in [0.1, 0.15) is 39.3 Å². The van der Waals surface area contributed by atoms with Gasteiger partial charge in [0.05, 0.1) is 13.3 Å². The smallest absolute Gasteiger partial charge is 0.258 e. The third-order valence-electron chi connectivity index (χ3n) is 4.49. The Bertz CT molecular complexity index is 1070. The maximum atomic E-state index is 13.3. The fourth-order valence-electron chi connectivity index (χ4n) is 2.83. The highest BCUT2D eigenvalue weighted by atomic mass is 19.1.